The Balaban J connectivity index is 1.43. The van der Waals surface area contributed by atoms with E-state index in [-0.39, 0.29) is 53.0 Å². The molecule has 1 fully saturated rings. The maximum atomic E-state index is 12.8. The second-order valence-corrected chi connectivity index (χ2v) is 7.94. The molecule has 0 bridgehead atoms. The second-order valence-electron chi connectivity index (χ2n) is 7.53. The molecule has 0 saturated carbocycles. The van der Waals surface area contributed by atoms with E-state index >= 15 is 0 Å². The highest BCUT2D eigenvalue weighted by molar-refractivity contribution is 6.33. The first kappa shape index (κ1) is 23.4. The molecule has 0 spiro atoms. The highest BCUT2D eigenvalue weighted by Crippen LogP contribution is 2.33. The van der Waals surface area contributed by atoms with Gasteiger partial charge in [0.25, 0.3) is 11.2 Å². The average Bonchev–Trinajstić information content (AvgIpc) is 2.80. The van der Waals surface area contributed by atoms with E-state index in [4.69, 9.17) is 11.6 Å². The lowest BCUT2D eigenvalue weighted by molar-refractivity contribution is -0.384. The Morgan fingerprint density at radius 1 is 1.15 bits per heavy atom. The molecule has 1 amide bonds. The molecule has 1 aliphatic heterocycles. The summed E-state index contributed by atoms with van der Waals surface area (Å²) in [6, 6.07) is 4.48. The lowest BCUT2D eigenvalue weighted by Gasteiger charge is -2.36. The normalized spacial score (nSPS) is 14.5. The van der Waals surface area contributed by atoms with Gasteiger partial charge in [-0.25, -0.2) is 9.97 Å². The number of halogens is 4. The van der Waals surface area contributed by atoms with Crippen molar-refractivity contribution in [2.24, 2.45) is 0 Å². The Morgan fingerprint density at radius 3 is 2.47 bits per heavy atom. The summed E-state index contributed by atoms with van der Waals surface area (Å²) in [6.45, 7) is 0.800. The number of benzene rings is 1. The highest BCUT2D eigenvalue weighted by atomic mass is 35.5. The number of carbonyl (C=O) groups excluding carboxylic acids is 1. The molecule has 34 heavy (non-hydrogen) atoms. The molecule has 1 aromatic carbocycles. The van der Waals surface area contributed by atoms with E-state index in [1.807, 2.05) is 0 Å². The topological polar surface area (TPSA) is 114 Å². The molecule has 1 saturated heterocycles. The Hall–Kier alpha value is -3.74. The van der Waals surface area contributed by atoms with Crippen LogP contribution in [0.2, 0.25) is 5.02 Å². The minimum Gasteiger partial charge on any atom is -0.352 e. The molecule has 14 heteroatoms. The van der Waals surface area contributed by atoms with Gasteiger partial charge in [0.1, 0.15) is 12.4 Å². The maximum Gasteiger partial charge on any atom is 0.417 e. The number of pyridine rings is 1. The summed E-state index contributed by atoms with van der Waals surface area (Å²) in [7, 11) is 0. The number of piperazine rings is 1. The van der Waals surface area contributed by atoms with Gasteiger partial charge in [0.05, 0.1) is 32.7 Å². The zero-order chi connectivity index (χ0) is 24.6. The summed E-state index contributed by atoms with van der Waals surface area (Å²) in [4.78, 5) is 46.8. The van der Waals surface area contributed by atoms with E-state index in [2.05, 4.69) is 9.97 Å². The number of amides is 1. The van der Waals surface area contributed by atoms with Crippen molar-refractivity contribution in [3.63, 3.8) is 0 Å². The Morgan fingerprint density at radius 2 is 1.85 bits per heavy atom. The first-order valence-electron chi connectivity index (χ1n) is 9.93. The number of aromatic nitrogens is 3. The number of rotatable bonds is 4. The van der Waals surface area contributed by atoms with Gasteiger partial charge < -0.3 is 9.80 Å². The third-order valence-electron chi connectivity index (χ3n) is 5.41. The third kappa shape index (κ3) is 4.64. The second kappa shape index (κ2) is 8.89. The number of non-ortho nitro benzene ring substituents is 1. The minimum absolute atomic E-state index is 0.136. The minimum atomic E-state index is -4.55. The number of alkyl halides is 3. The van der Waals surface area contributed by atoms with Crippen LogP contribution in [0.15, 0.2) is 41.6 Å². The fraction of sp³-hybridized carbons (Fsp3) is 0.300. The lowest BCUT2D eigenvalue weighted by Crippen LogP contribution is -2.50. The van der Waals surface area contributed by atoms with Crippen LogP contribution in [0.5, 0.6) is 0 Å². The van der Waals surface area contributed by atoms with Crippen LogP contribution in [0.25, 0.3) is 10.9 Å². The van der Waals surface area contributed by atoms with Gasteiger partial charge in [0.2, 0.25) is 5.91 Å². The Labute approximate surface area is 194 Å². The van der Waals surface area contributed by atoms with Crippen molar-refractivity contribution in [2.75, 3.05) is 31.1 Å². The first-order chi connectivity index (χ1) is 16.0. The monoisotopic (exact) mass is 496 g/mol. The molecule has 0 atom stereocenters. The molecule has 0 N–H and O–H groups in total. The largest absolute Gasteiger partial charge is 0.417 e. The highest BCUT2D eigenvalue weighted by Gasteiger charge is 2.32. The molecule has 0 aliphatic carbocycles. The molecule has 178 valence electrons. The van der Waals surface area contributed by atoms with E-state index in [1.54, 1.807) is 4.90 Å². The SMILES string of the molecule is O=C(Cn1cnc2cc([N+](=O)[O-])ccc2c1=O)N1CCN(c2ncc(C(F)(F)F)cc2Cl)CC1. The first-order valence-corrected chi connectivity index (χ1v) is 10.3. The van der Waals surface area contributed by atoms with Crippen molar-refractivity contribution in [1.29, 1.82) is 0 Å². The summed E-state index contributed by atoms with van der Waals surface area (Å²) < 4.78 is 39.6. The van der Waals surface area contributed by atoms with E-state index in [1.165, 1.54) is 23.1 Å². The maximum absolute atomic E-state index is 12.8. The molecule has 4 rings (SSSR count). The van der Waals surface area contributed by atoms with Crippen LogP contribution in [0, 0.1) is 10.1 Å². The van der Waals surface area contributed by atoms with E-state index in [0.717, 1.165) is 17.0 Å². The van der Waals surface area contributed by atoms with Gasteiger partial charge in [-0.15, -0.1) is 0 Å². The predicted octanol–water partition coefficient (Wildman–Crippen LogP) is 2.72. The van der Waals surface area contributed by atoms with Gasteiger partial charge in [0.15, 0.2) is 0 Å². The number of hydrogen-bond donors (Lipinski definition) is 0. The molecular formula is C20H16ClF3N6O4. The zero-order valence-electron chi connectivity index (χ0n) is 17.3. The Bertz CT molecular complexity index is 1340. The zero-order valence-corrected chi connectivity index (χ0v) is 18.1. The number of hydrogen-bond acceptors (Lipinski definition) is 7. The number of carbonyl (C=O) groups is 1. The molecule has 1 aliphatic rings. The fourth-order valence-corrected chi connectivity index (χ4v) is 3.89. The number of nitrogens with zero attached hydrogens (tertiary/aromatic N) is 6. The smallest absolute Gasteiger partial charge is 0.352 e. The summed E-state index contributed by atoms with van der Waals surface area (Å²) >= 11 is 6.00. The van der Waals surface area contributed by atoms with Gasteiger partial charge in [-0.1, -0.05) is 11.6 Å². The van der Waals surface area contributed by atoms with Crippen LogP contribution in [-0.2, 0) is 17.5 Å². The summed E-state index contributed by atoms with van der Waals surface area (Å²) in [5.74, 6) is -0.151. The van der Waals surface area contributed by atoms with Gasteiger partial charge in [-0.2, -0.15) is 13.2 Å². The molecule has 10 nitrogen and oxygen atoms in total. The van der Waals surface area contributed by atoms with Gasteiger partial charge >= 0.3 is 6.18 Å². The molecule has 2 aromatic heterocycles. The van der Waals surface area contributed by atoms with Crippen LogP contribution in [0.4, 0.5) is 24.7 Å². The van der Waals surface area contributed by atoms with Crippen LogP contribution >= 0.6 is 11.6 Å². The molecule has 0 unspecified atom stereocenters. The van der Waals surface area contributed by atoms with Crippen LogP contribution < -0.4 is 10.5 Å². The van der Waals surface area contributed by atoms with Gasteiger partial charge in [-0.3, -0.25) is 24.3 Å². The number of nitro groups is 1. The molecule has 0 radical (unpaired) electrons. The number of nitro benzene ring substituents is 1. The standard InChI is InChI=1S/C20H16ClF3N6O4/c21-15-7-12(20(22,23)24)9-25-18(15)28-5-3-27(4-6-28)17(31)10-29-11-26-16-8-13(30(33)34)1-2-14(16)19(29)32/h1-2,7-9,11H,3-6,10H2. The van der Waals surface area contributed by atoms with Crippen LogP contribution in [0.3, 0.4) is 0 Å². The Kier molecular flexibility index (Phi) is 6.13. The number of anilines is 1. The van der Waals surface area contributed by atoms with Crippen molar-refractivity contribution in [3.8, 4) is 0 Å². The van der Waals surface area contributed by atoms with E-state index in [0.29, 0.717) is 19.3 Å². The lowest BCUT2D eigenvalue weighted by atomic mass is 10.2. The van der Waals surface area contributed by atoms with Crippen molar-refractivity contribution in [2.45, 2.75) is 12.7 Å². The predicted molar refractivity (Wildman–Crippen MR) is 116 cm³/mol. The molecular weight excluding hydrogens is 481 g/mol. The van der Waals surface area contributed by atoms with Gasteiger partial charge in [0, 0.05) is 44.5 Å². The summed E-state index contributed by atoms with van der Waals surface area (Å²) in [5, 5.41) is 10.9. The van der Waals surface area contributed by atoms with Crippen molar-refractivity contribution < 1.29 is 22.9 Å². The summed E-state index contributed by atoms with van der Waals surface area (Å²) in [5.41, 5.74) is -1.50. The van der Waals surface area contributed by atoms with E-state index < -0.39 is 22.2 Å². The van der Waals surface area contributed by atoms with Crippen molar-refractivity contribution in [3.05, 3.63) is 67.8 Å². The number of fused-ring (bicyclic) bond motifs is 1. The average molecular weight is 497 g/mol. The third-order valence-corrected chi connectivity index (χ3v) is 5.68. The van der Waals surface area contributed by atoms with Crippen molar-refractivity contribution in [1.82, 2.24) is 19.4 Å². The fourth-order valence-electron chi connectivity index (χ4n) is 3.60. The molecule has 3 aromatic rings. The van der Waals surface area contributed by atoms with Crippen molar-refractivity contribution >= 4 is 39.9 Å². The molecule has 3 heterocycles. The van der Waals surface area contributed by atoms with Crippen LogP contribution in [-0.4, -0.2) is 56.4 Å². The summed E-state index contributed by atoms with van der Waals surface area (Å²) in [6.07, 6.45) is -2.67. The quantitative estimate of drug-likeness (QED) is 0.403. The van der Waals surface area contributed by atoms with Crippen LogP contribution in [0.1, 0.15) is 5.56 Å². The van der Waals surface area contributed by atoms with E-state index in [9.17, 15) is 32.9 Å². The van der Waals surface area contributed by atoms with Gasteiger partial charge in [-0.05, 0) is 12.1 Å².